The lowest BCUT2D eigenvalue weighted by atomic mass is 9.90. The van der Waals surface area contributed by atoms with Gasteiger partial charge in [-0.05, 0) is 52.4 Å². The first kappa shape index (κ1) is 12.1. The fraction of sp³-hybridized carbons (Fsp3) is 0. The van der Waals surface area contributed by atoms with Gasteiger partial charge in [-0.2, -0.15) is 0 Å². The molecule has 2 aliphatic rings. The summed E-state index contributed by atoms with van der Waals surface area (Å²) in [5.74, 6) is 0. The lowest BCUT2D eigenvalue weighted by Gasteiger charge is -2.18. The normalized spacial score (nSPS) is 16.3. The van der Waals surface area contributed by atoms with E-state index in [1.807, 2.05) is 24.3 Å². The van der Waals surface area contributed by atoms with E-state index in [0.29, 0.717) is 0 Å². The minimum absolute atomic E-state index is 0.921. The summed E-state index contributed by atoms with van der Waals surface area (Å²) in [6.45, 7) is 0. The molecule has 0 amide bonds. The average molecular weight is 375 g/mol. The second kappa shape index (κ2) is 4.44. The summed E-state index contributed by atoms with van der Waals surface area (Å²) in [4.78, 5) is 0. The summed E-state index contributed by atoms with van der Waals surface area (Å²) >= 11 is 2.29. The first-order chi connectivity index (χ1) is 9.75. The SMILES string of the molecule is FB1n2cccc2C(c2ccc(I)cc2)=C2C=CC=[N+]12. The van der Waals surface area contributed by atoms with Gasteiger partial charge >= 0.3 is 7.26 Å². The molecule has 0 spiro atoms. The summed E-state index contributed by atoms with van der Waals surface area (Å²) in [6.07, 6.45) is 7.43. The molecule has 20 heavy (non-hydrogen) atoms. The van der Waals surface area contributed by atoms with Crippen molar-refractivity contribution >= 4 is 41.6 Å². The maximum absolute atomic E-state index is 14.5. The zero-order chi connectivity index (χ0) is 13.7. The van der Waals surface area contributed by atoms with E-state index in [4.69, 9.17) is 0 Å². The molecule has 0 saturated heterocycles. The van der Waals surface area contributed by atoms with Crippen LogP contribution in [0.1, 0.15) is 11.3 Å². The summed E-state index contributed by atoms with van der Waals surface area (Å²) in [5.41, 5.74) is 4.03. The molecule has 2 aromatic rings. The zero-order valence-electron chi connectivity index (χ0n) is 10.5. The van der Waals surface area contributed by atoms with Crippen LogP contribution in [0.2, 0.25) is 0 Å². The fourth-order valence-electron chi connectivity index (χ4n) is 2.76. The minimum Gasteiger partial charge on any atom is -0.293 e. The van der Waals surface area contributed by atoms with Crippen LogP contribution in [0, 0.1) is 3.57 Å². The Morgan fingerprint density at radius 2 is 1.95 bits per heavy atom. The highest BCUT2D eigenvalue weighted by molar-refractivity contribution is 14.1. The Morgan fingerprint density at radius 1 is 1.15 bits per heavy atom. The molecule has 0 saturated carbocycles. The molecule has 0 fully saturated rings. The van der Waals surface area contributed by atoms with Crippen molar-refractivity contribution in [1.29, 1.82) is 0 Å². The molecule has 2 nitrogen and oxygen atoms in total. The topological polar surface area (TPSA) is 7.94 Å². The smallest absolute Gasteiger partial charge is 0.293 e. The molecule has 4 rings (SSSR count). The van der Waals surface area contributed by atoms with Gasteiger partial charge in [0.15, 0.2) is 5.70 Å². The number of hydrogen-bond donors (Lipinski definition) is 0. The van der Waals surface area contributed by atoms with Gasteiger partial charge in [-0.25, -0.2) is 8.80 Å². The van der Waals surface area contributed by atoms with E-state index in [9.17, 15) is 4.32 Å². The third-order valence-corrected chi connectivity index (χ3v) is 4.38. The van der Waals surface area contributed by atoms with Gasteiger partial charge in [0.25, 0.3) is 0 Å². The molecular formula is C15H10BFIN2+. The fourth-order valence-corrected chi connectivity index (χ4v) is 3.12. The molecule has 0 atom stereocenters. The highest BCUT2D eigenvalue weighted by Crippen LogP contribution is 2.34. The molecule has 0 aliphatic carbocycles. The van der Waals surface area contributed by atoms with Gasteiger partial charge in [0.2, 0.25) is 0 Å². The van der Waals surface area contributed by atoms with Crippen molar-refractivity contribution in [2.24, 2.45) is 0 Å². The first-order valence-electron chi connectivity index (χ1n) is 6.37. The van der Waals surface area contributed by atoms with Crippen LogP contribution in [0.15, 0.2) is 60.4 Å². The van der Waals surface area contributed by atoms with Gasteiger partial charge in [0, 0.05) is 21.9 Å². The van der Waals surface area contributed by atoms with E-state index in [-0.39, 0.29) is 0 Å². The second-order valence-electron chi connectivity index (χ2n) is 4.79. The summed E-state index contributed by atoms with van der Waals surface area (Å²) in [6, 6.07) is 12.2. The Morgan fingerprint density at radius 3 is 2.75 bits per heavy atom. The van der Waals surface area contributed by atoms with Gasteiger partial charge in [-0.15, -0.1) is 0 Å². The van der Waals surface area contributed by atoms with Gasteiger partial charge < -0.3 is 0 Å². The predicted molar refractivity (Wildman–Crippen MR) is 87.3 cm³/mol. The van der Waals surface area contributed by atoms with Crippen LogP contribution >= 0.6 is 22.6 Å². The summed E-state index contributed by atoms with van der Waals surface area (Å²) in [7, 11) is -1.17. The quantitative estimate of drug-likeness (QED) is 0.534. The average Bonchev–Trinajstić information content (AvgIpc) is 3.10. The van der Waals surface area contributed by atoms with Gasteiger partial charge in [-0.1, -0.05) is 12.1 Å². The van der Waals surface area contributed by atoms with Gasteiger partial charge in [0.05, 0.1) is 11.3 Å². The molecule has 1 aromatic heterocycles. The molecule has 0 unspecified atom stereocenters. The third-order valence-electron chi connectivity index (χ3n) is 3.66. The number of rotatable bonds is 1. The maximum Gasteiger partial charge on any atom is 0.845 e. The number of aromatic nitrogens is 1. The van der Waals surface area contributed by atoms with E-state index in [0.717, 1.165) is 22.5 Å². The number of nitrogens with zero attached hydrogens (tertiary/aromatic N) is 2. The Kier molecular flexibility index (Phi) is 2.70. The largest absolute Gasteiger partial charge is 0.845 e. The van der Waals surface area contributed by atoms with Gasteiger partial charge in [0.1, 0.15) is 6.21 Å². The Labute approximate surface area is 130 Å². The third kappa shape index (κ3) is 1.65. The maximum atomic E-state index is 14.5. The Balaban J connectivity index is 2.01. The first-order valence-corrected chi connectivity index (χ1v) is 7.45. The van der Waals surface area contributed by atoms with Crippen molar-refractivity contribution in [3.63, 3.8) is 0 Å². The predicted octanol–water partition coefficient (Wildman–Crippen LogP) is 3.32. The number of halogens is 2. The lowest BCUT2D eigenvalue weighted by Crippen LogP contribution is -2.37. The molecule has 5 heteroatoms. The van der Waals surface area contributed by atoms with E-state index in [2.05, 4.69) is 46.9 Å². The Hall–Kier alpha value is -1.63. The lowest BCUT2D eigenvalue weighted by molar-refractivity contribution is -0.329. The summed E-state index contributed by atoms with van der Waals surface area (Å²) < 4.78 is 19.0. The van der Waals surface area contributed by atoms with Crippen LogP contribution in [0.4, 0.5) is 4.32 Å². The van der Waals surface area contributed by atoms with Crippen molar-refractivity contribution in [2.45, 2.75) is 0 Å². The van der Waals surface area contributed by atoms with Crippen LogP contribution < -0.4 is 0 Å². The highest BCUT2D eigenvalue weighted by Gasteiger charge is 2.46. The second-order valence-corrected chi connectivity index (χ2v) is 6.04. The monoisotopic (exact) mass is 375 g/mol. The number of fused-ring (bicyclic) bond motifs is 2. The van der Waals surface area contributed by atoms with Crippen molar-refractivity contribution < 1.29 is 8.80 Å². The molecule has 2 aliphatic heterocycles. The van der Waals surface area contributed by atoms with Gasteiger partial charge in [-0.3, -0.25) is 4.48 Å². The molecule has 0 N–H and O–H groups in total. The molecule has 3 heterocycles. The highest BCUT2D eigenvalue weighted by atomic mass is 127. The standard InChI is InChI=1S/C15H10BFIN2/c17-16-19-9-1-3-13(19)15(14-4-2-10-20(14)16)11-5-7-12(18)8-6-11/h1-10H/q+1. The van der Waals surface area contributed by atoms with E-state index in [1.54, 1.807) is 21.4 Å². The van der Waals surface area contributed by atoms with Crippen molar-refractivity contribution in [2.75, 3.05) is 0 Å². The van der Waals surface area contributed by atoms with Crippen LogP contribution in [-0.2, 0) is 0 Å². The molecule has 0 bridgehead atoms. The number of allylic oxidation sites excluding steroid dienone is 2. The van der Waals surface area contributed by atoms with Crippen molar-refractivity contribution in [3.8, 4) is 0 Å². The van der Waals surface area contributed by atoms with Crippen LogP contribution in [-0.4, -0.2) is 22.4 Å². The molecule has 0 radical (unpaired) electrons. The van der Waals surface area contributed by atoms with Crippen LogP contribution in [0.3, 0.4) is 0 Å². The van der Waals surface area contributed by atoms with E-state index < -0.39 is 7.26 Å². The van der Waals surface area contributed by atoms with Crippen molar-refractivity contribution in [1.82, 2.24) is 4.48 Å². The molecule has 1 aromatic carbocycles. The van der Waals surface area contributed by atoms with Crippen LogP contribution in [0.5, 0.6) is 0 Å². The molecule has 96 valence electrons. The minimum atomic E-state index is -1.17. The van der Waals surface area contributed by atoms with Crippen LogP contribution in [0.25, 0.3) is 5.57 Å². The zero-order valence-corrected chi connectivity index (χ0v) is 12.7. The van der Waals surface area contributed by atoms with Crippen molar-refractivity contribution in [3.05, 3.63) is 75.3 Å². The number of hydrogen-bond acceptors (Lipinski definition) is 0. The van der Waals surface area contributed by atoms with E-state index in [1.165, 1.54) is 3.57 Å². The summed E-state index contributed by atoms with van der Waals surface area (Å²) in [5, 5.41) is 0. The number of benzene rings is 1. The molecular weight excluding hydrogens is 365 g/mol. The van der Waals surface area contributed by atoms with E-state index >= 15 is 0 Å². The Bertz CT molecular complexity index is 786.